The van der Waals surface area contributed by atoms with Gasteiger partial charge in [0.25, 0.3) is 0 Å². The number of carbonyl (C=O) groups is 1. The van der Waals surface area contributed by atoms with E-state index >= 15 is 0 Å². The Morgan fingerprint density at radius 1 is 1.89 bits per heavy atom. The number of ketones is 1. The zero-order valence-corrected chi connectivity index (χ0v) is 5.65. The summed E-state index contributed by atoms with van der Waals surface area (Å²) in [7, 11) is 0. The van der Waals surface area contributed by atoms with Crippen molar-refractivity contribution in [3.8, 4) is 0 Å². The highest BCUT2D eigenvalue weighted by Gasteiger charge is 2.20. The molecule has 9 heavy (non-hydrogen) atoms. The topological polar surface area (TPSA) is 38.3 Å². The van der Waals surface area contributed by atoms with Gasteiger partial charge in [-0.1, -0.05) is 0 Å². The van der Waals surface area contributed by atoms with Crippen molar-refractivity contribution in [1.82, 2.24) is 5.32 Å². The molecule has 1 fully saturated rings. The van der Waals surface area contributed by atoms with Gasteiger partial charge in [-0.2, -0.15) is 0 Å². The van der Waals surface area contributed by atoms with Gasteiger partial charge in [0.05, 0.1) is 12.5 Å². The lowest BCUT2D eigenvalue weighted by Gasteiger charge is -2.03. The molecule has 52 valence electrons. The van der Waals surface area contributed by atoms with Crippen molar-refractivity contribution < 1.29 is 9.53 Å². The number of ether oxygens (including phenoxy) is 1. The van der Waals surface area contributed by atoms with Crippen LogP contribution in [0, 0.1) is 0 Å². The third kappa shape index (κ3) is 1.64. The average molecular weight is 150 g/mol. The number of rotatable bonds is 2. The molecule has 1 rings (SSSR count). The number of carbonyl (C=O) groups excluding carboxylic acids is 1. The summed E-state index contributed by atoms with van der Waals surface area (Å²) < 4.78 is 4.96. The van der Waals surface area contributed by atoms with Gasteiger partial charge in [-0.25, -0.2) is 0 Å². The van der Waals surface area contributed by atoms with E-state index in [-0.39, 0.29) is 11.7 Å². The van der Waals surface area contributed by atoms with Crippen molar-refractivity contribution in [3.05, 3.63) is 0 Å². The van der Waals surface area contributed by atoms with Crippen LogP contribution in [0.1, 0.15) is 0 Å². The summed E-state index contributed by atoms with van der Waals surface area (Å²) in [6, 6.07) is 0. The monoisotopic (exact) mass is 149 g/mol. The van der Waals surface area contributed by atoms with Crippen LogP contribution in [0.3, 0.4) is 0 Å². The number of hydrogen-bond donors (Lipinski definition) is 1. The summed E-state index contributed by atoms with van der Waals surface area (Å²) in [5, 5.41) is 2.85. The summed E-state index contributed by atoms with van der Waals surface area (Å²) in [5.41, 5.74) is 0. The Balaban J connectivity index is 2.32. The first kappa shape index (κ1) is 6.99. The van der Waals surface area contributed by atoms with E-state index in [1.54, 1.807) is 0 Å². The summed E-state index contributed by atoms with van der Waals surface area (Å²) in [6.07, 6.45) is -0.442. The standard InChI is InChI=1S/C5H8ClNO2/c6-3-4(8)5-7-1-2-9-5/h5,7H,1-3H2. The Hall–Kier alpha value is -0.120. The maximum absolute atomic E-state index is 10.7. The smallest absolute Gasteiger partial charge is 0.191 e. The molecule has 0 saturated carbocycles. The Bertz CT molecular complexity index is 112. The molecule has 1 atom stereocenters. The summed E-state index contributed by atoms with van der Waals surface area (Å²) in [6.45, 7) is 1.35. The van der Waals surface area contributed by atoms with Gasteiger partial charge in [-0.3, -0.25) is 10.1 Å². The molecular weight excluding hydrogens is 142 g/mol. The van der Waals surface area contributed by atoms with E-state index in [1.807, 2.05) is 0 Å². The first-order valence-corrected chi connectivity index (χ1v) is 3.31. The van der Waals surface area contributed by atoms with E-state index in [2.05, 4.69) is 5.32 Å². The van der Waals surface area contributed by atoms with E-state index in [0.29, 0.717) is 6.61 Å². The SMILES string of the molecule is O=C(CCl)C1NCCO1. The molecule has 0 aromatic rings. The predicted octanol–water partition coefficient (Wildman–Crippen LogP) is -0.260. The van der Waals surface area contributed by atoms with E-state index < -0.39 is 6.23 Å². The number of alkyl halides is 1. The molecule has 1 N–H and O–H groups in total. The minimum Gasteiger partial charge on any atom is -0.355 e. The first-order valence-electron chi connectivity index (χ1n) is 2.78. The van der Waals surface area contributed by atoms with Gasteiger partial charge >= 0.3 is 0 Å². The van der Waals surface area contributed by atoms with Gasteiger partial charge in [0.15, 0.2) is 12.0 Å². The second-order valence-electron chi connectivity index (χ2n) is 1.80. The van der Waals surface area contributed by atoms with Gasteiger partial charge in [0, 0.05) is 6.54 Å². The molecule has 1 heterocycles. The molecule has 0 aromatic heterocycles. The number of hydrogen-bond acceptors (Lipinski definition) is 3. The van der Waals surface area contributed by atoms with Gasteiger partial charge in [-0.15, -0.1) is 11.6 Å². The van der Waals surface area contributed by atoms with Gasteiger partial charge in [0.2, 0.25) is 0 Å². The molecule has 3 nitrogen and oxygen atoms in total. The molecule has 0 spiro atoms. The third-order valence-corrected chi connectivity index (χ3v) is 1.40. The molecule has 4 heteroatoms. The van der Waals surface area contributed by atoms with E-state index in [1.165, 1.54) is 0 Å². The predicted molar refractivity (Wildman–Crippen MR) is 33.5 cm³/mol. The van der Waals surface area contributed by atoms with Crippen molar-refractivity contribution in [2.45, 2.75) is 6.23 Å². The Labute approximate surface area is 58.3 Å². The Morgan fingerprint density at radius 3 is 3.11 bits per heavy atom. The van der Waals surface area contributed by atoms with E-state index in [9.17, 15) is 4.79 Å². The van der Waals surface area contributed by atoms with Gasteiger partial charge < -0.3 is 4.74 Å². The maximum atomic E-state index is 10.7. The fourth-order valence-electron chi connectivity index (χ4n) is 0.703. The minimum absolute atomic E-state index is 0.0255. The molecular formula is C5H8ClNO2. The highest BCUT2D eigenvalue weighted by Crippen LogP contribution is 1.97. The largest absolute Gasteiger partial charge is 0.355 e. The van der Waals surface area contributed by atoms with Crippen LogP contribution in [0.2, 0.25) is 0 Å². The van der Waals surface area contributed by atoms with Crippen LogP contribution in [-0.4, -0.2) is 31.0 Å². The molecule has 1 unspecified atom stereocenters. The van der Waals surface area contributed by atoms with E-state index in [4.69, 9.17) is 16.3 Å². The maximum Gasteiger partial charge on any atom is 0.191 e. The Kier molecular flexibility index (Phi) is 2.45. The first-order chi connectivity index (χ1) is 4.34. The lowest BCUT2D eigenvalue weighted by Crippen LogP contribution is -2.32. The number of nitrogens with one attached hydrogen (secondary N) is 1. The number of halogens is 1. The zero-order chi connectivity index (χ0) is 6.69. The average Bonchev–Trinajstić information content (AvgIpc) is 2.37. The van der Waals surface area contributed by atoms with Crippen molar-refractivity contribution in [1.29, 1.82) is 0 Å². The van der Waals surface area contributed by atoms with E-state index in [0.717, 1.165) is 6.54 Å². The highest BCUT2D eigenvalue weighted by molar-refractivity contribution is 6.28. The van der Waals surface area contributed by atoms with Crippen LogP contribution in [0.25, 0.3) is 0 Å². The lowest BCUT2D eigenvalue weighted by atomic mass is 10.4. The van der Waals surface area contributed by atoms with Crippen molar-refractivity contribution in [2.24, 2.45) is 0 Å². The summed E-state index contributed by atoms with van der Waals surface area (Å²) in [5.74, 6) is -0.0633. The highest BCUT2D eigenvalue weighted by atomic mass is 35.5. The van der Waals surface area contributed by atoms with Crippen LogP contribution in [0.4, 0.5) is 0 Å². The molecule has 0 radical (unpaired) electrons. The van der Waals surface area contributed by atoms with Crippen LogP contribution in [0.15, 0.2) is 0 Å². The molecule has 0 bridgehead atoms. The second kappa shape index (κ2) is 3.15. The summed E-state index contributed by atoms with van der Waals surface area (Å²) >= 11 is 5.26. The fourth-order valence-corrected chi connectivity index (χ4v) is 0.843. The second-order valence-corrected chi connectivity index (χ2v) is 2.07. The quantitative estimate of drug-likeness (QED) is 0.550. The molecule has 1 aliphatic heterocycles. The molecule has 0 amide bonds. The van der Waals surface area contributed by atoms with Crippen molar-refractivity contribution >= 4 is 17.4 Å². The van der Waals surface area contributed by atoms with Crippen LogP contribution < -0.4 is 5.32 Å². The van der Waals surface area contributed by atoms with Crippen LogP contribution in [-0.2, 0) is 9.53 Å². The van der Waals surface area contributed by atoms with Crippen LogP contribution in [0.5, 0.6) is 0 Å². The Morgan fingerprint density at radius 2 is 2.67 bits per heavy atom. The van der Waals surface area contributed by atoms with Crippen LogP contribution >= 0.6 is 11.6 Å². The molecule has 1 aliphatic rings. The van der Waals surface area contributed by atoms with Gasteiger partial charge in [-0.05, 0) is 0 Å². The minimum atomic E-state index is -0.442. The molecule has 1 saturated heterocycles. The van der Waals surface area contributed by atoms with Crippen molar-refractivity contribution in [2.75, 3.05) is 19.0 Å². The normalized spacial score (nSPS) is 26.6. The zero-order valence-electron chi connectivity index (χ0n) is 4.89. The fraction of sp³-hybridized carbons (Fsp3) is 0.800. The van der Waals surface area contributed by atoms with Gasteiger partial charge in [0.1, 0.15) is 0 Å². The third-order valence-electron chi connectivity index (χ3n) is 1.14. The molecule has 0 aromatic carbocycles. The molecule has 0 aliphatic carbocycles. The summed E-state index contributed by atoms with van der Waals surface area (Å²) in [4.78, 5) is 10.7. The number of Topliss-reactive ketones (excluding diaryl/α,β-unsaturated/α-hetero) is 1. The lowest BCUT2D eigenvalue weighted by molar-refractivity contribution is -0.126. The van der Waals surface area contributed by atoms with Crippen molar-refractivity contribution in [3.63, 3.8) is 0 Å².